The van der Waals surface area contributed by atoms with Crippen LogP contribution in [0.4, 0.5) is 17.2 Å². The summed E-state index contributed by atoms with van der Waals surface area (Å²) in [6.45, 7) is 2.16. The number of carbonyl (C=O) groups is 2. The van der Waals surface area contributed by atoms with E-state index < -0.39 is 11.2 Å². The summed E-state index contributed by atoms with van der Waals surface area (Å²) < 4.78 is 18.2. The highest BCUT2D eigenvalue weighted by atomic mass is 32.2. The Bertz CT molecular complexity index is 1330. The molecule has 0 radical (unpaired) electrons. The summed E-state index contributed by atoms with van der Waals surface area (Å²) in [5.41, 5.74) is 5.35. The van der Waals surface area contributed by atoms with E-state index in [4.69, 9.17) is 14.7 Å². The second-order valence-electron chi connectivity index (χ2n) is 9.05. The van der Waals surface area contributed by atoms with Crippen LogP contribution in [0, 0.1) is 0 Å². The lowest BCUT2D eigenvalue weighted by atomic mass is 10.1. The first-order valence-electron chi connectivity index (χ1n) is 11.6. The maximum absolute atomic E-state index is 12.5. The molecular weight excluding hydrogens is 478 g/mol. The quantitative estimate of drug-likeness (QED) is 0.513. The second kappa shape index (κ2) is 9.79. The second-order valence-corrected chi connectivity index (χ2v) is 10.5. The van der Waals surface area contributed by atoms with E-state index in [0.717, 1.165) is 46.9 Å². The summed E-state index contributed by atoms with van der Waals surface area (Å²) >= 11 is -1.02. The van der Waals surface area contributed by atoms with Crippen LogP contribution in [-0.2, 0) is 38.7 Å². The zero-order valence-electron chi connectivity index (χ0n) is 20.4. The number of benzene rings is 2. The zero-order valence-corrected chi connectivity index (χ0v) is 21.2. The van der Waals surface area contributed by atoms with Gasteiger partial charge in [0, 0.05) is 50.6 Å². The van der Waals surface area contributed by atoms with Crippen molar-refractivity contribution in [3.05, 3.63) is 59.3 Å². The predicted octanol–water partition coefficient (Wildman–Crippen LogP) is 3.03. The van der Waals surface area contributed by atoms with Crippen LogP contribution in [0.15, 0.2) is 42.5 Å². The van der Waals surface area contributed by atoms with Crippen LogP contribution in [0.3, 0.4) is 0 Å². The van der Waals surface area contributed by atoms with Crippen molar-refractivity contribution < 1.29 is 18.9 Å². The van der Waals surface area contributed by atoms with E-state index >= 15 is 0 Å². The van der Waals surface area contributed by atoms with Crippen LogP contribution in [0.1, 0.15) is 23.7 Å². The number of carbonyl (C=O) groups excluding carboxylic acids is 2. The number of amides is 2. The van der Waals surface area contributed by atoms with Gasteiger partial charge in [0.2, 0.25) is 5.91 Å². The highest BCUT2D eigenvalue weighted by Gasteiger charge is 2.33. The Morgan fingerprint density at radius 2 is 1.92 bits per heavy atom. The normalized spacial score (nSPS) is 15.9. The fourth-order valence-corrected chi connectivity index (χ4v) is 5.61. The Hall–Kier alpha value is -3.63. The molecule has 10 heteroatoms. The molecular formula is C26H27N5O4S. The van der Waals surface area contributed by atoms with Crippen molar-refractivity contribution >= 4 is 40.2 Å². The summed E-state index contributed by atoms with van der Waals surface area (Å²) in [5, 5.41) is 2.76. The number of hydrogen-bond acceptors (Lipinski definition) is 7. The molecule has 0 spiro atoms. The SMILES string of the molecule is CC(=O)Nc1ccc(-c2nc3c(c(N4CCc5ccc(OCC(=O)N(C)C)cc54)n2)C[S+]([O-])C3)cc1. The highest BCUT2D eigenvalue weighted by Crippen LogP contribution is 2.41. The molecule has 5 rings (SSSR count). The Morgan fingerprint density at radius 3 is 2.64 bits per heavy atom. The number of nitrogens with one attached hydrogen (secondary N) is 1. The van der Waals surface area contributed by atoms with E-state index in [1.165, 1.54) is 11.8 Å². The smallest absolute Gasteiger partial charge is 0.259 e. The lowest BCUT2D eigenvalue weighted by Crippen LogP contribution is -2.27. The summed E-state index contributed by atoms with van der Waals surface area (Å²) in [6.07, 6.45) is 0.842. The molecule has 1 N–H and O–H groups in total. The maximum Gasteiger partial charge on any atom is 0.259 e. The van der Waals surface area contributed by atoms with E-state index in [9.17, 15) is 14.1 Å². The number of hydrogen-bond donors (Lipinski definition) is 1. The van der Waals surface area contributed by atoms with Crippen molar-refractivity contribution in [2.24, 2.45) is 0 Å². The van der Waals surface area contributed by atoms with Gasteiger partial charge in [-0.3, -0.25) is 9.59 Å². The Kier molecular flexibility index (Phi) is 6.55. The van der Waals surface area contributed by atoms with Crippen molar-refractivity contribution in [3.8, 4) is 17.1 Å². The first kappa shape index (κ1) is 24.1. The third-order valence-corrected chi connectivity index (χ3v) is 7.41. The highest BCUT2D eigenvalue weighted by molar-refractivity contribution is 7.90. The predicted molar refractivity (Wildman–Crippen MR) is 139 cm³/mol. The lowest BCUT2D eigenvalue weighted by Gasteiger charge is -2.22. The van der Waals surface area contributed by atoms with Gasteiger partial charge < -0.3 is 24.4 Å². The third-order valence-electron chi connectivity index (χ3n) is 6.21. The molecule has 3 heterocycles. The van der Waals surface area contributed by atoms with Crippen molar-refractivity contribution in [2.45, 2.75) is 24.9 Å². The summed E-state index contributed by atoms with van der Waals surface area (Å²) in [4.78, 5) is 36.6. The zero-order chi connectivity index (χ0) is 25.4. The molecule has 0 saturated carbocycles. The molecule has 0 fully saturated rings. The minimum atomic E-state index is -1.02. The molecule has 0 aliphatic carbocycles. The van der Waals surface area contributed by atoms with Gasteiger partial charge in [0.05, 0.1) is 5.56 Å². The number of ether oxygens (including phenoxy) is 1. The molecule has 0 bridgehead atoms. The van der Waals surface area contributed by atoms with E-state index in [2.05, 4.69) is 10.2 Å². The van der Waals surface area contributed by atoms with Crippen LogP contribution in [0.2, 0.25) is 0 Å². The van der Waals surface area contributed by atoms with Crippen LogP contribution >= 0.6 is 0 Å². The summed E-state index contributed by atoms with van der Waals surface area (Å²) in [6, 6.07) is 13.2. The van der Waals surface area contributed by atoms with Crippen LogP contribution in [0.25, 0.3) is 11.4 Å². The van der Waals surface area contributed by atoms with Gasteiger partial charge >= 0.3 is 0 Å². The Labute approximate surface area is 212 Å². The minimum absolute atomic E-state index is 0.0354. The minimum Gasteiger partial charge on any atom is -0.616 e. The van der Waals surface area contributed by atoms with Gasteiger partial charge in [0.25, 0.3) is 5.91 Å². The molecule has 3 aromatic rings. The number of anilines is 3. The molecule has 186 valence electrons. The largest absolute Gasteiger partial charge is 0.616 e. The Morgan fingerprint density at radius 1 is 1.14 bits per heavy atom. The number of likely N-dealkylation sites (N-methyl/N-ethyl adjacent to an activating group) is 1. The van der Waals surface area contributed by atoms with Crippen molar-refractivity contribution in [2.75, 3.05) is 37.5 Å². The lowest BCUT2D eigenvalue weighted by molar-refractivity contribution is -0.130. The van der Waals surface area contributed by atoms with E-state index in [0.29, 0.717) is 28.8 Å². The number of rotatable bonds is 6. The molecule has 9 nitrogen and oxygen atoms in total. The monoisotopic (exact) mass is 505 g/mol. The van der Waals surface area contributed by atoms with Gasteiger partial charge in [-0.15, -0.1) is 0 Å². The molecule has 2 aromatic carbocycles. The summed E-state index contributed by atoms with van der Waals surface area (Å²) in [7, 11) is 3.39. The van der Waals surface area contributed by atoms with Gasteiger partial charge in [-0.2, -0.15) is 0 Å². The van der Waals surface area contributed by atoms with E-state index in [1.54, 1.807) is 14.1 Å². The number of nitrogens with zero attached hydrogens (tertiary/aromatic N) is 4. The first-order chi connectivity index (χ1) is 17.3. The molecule has 2 amide bonds. The van der Waals surface area contributed by atoms with Gasteiger partial charge in [-0.05, 0) is 53.5 Å². The molecule has 1 unspecified atom stereocenters. The molecule has 0 saturated heterocycles. The Balaban J connectivity index is 1.49. The van der Waals surface area contributed by atoms with Crippen molar-refractivity contribution in [3.63, 3.8) is 0 Å². The van der Waals surface area contributed by atoms with Gasteiger partial charge in [0.15, 0.2) is 12.4 Å². The van der Waals surface area contributed by atoms with Gasteiger partial charge in [-0.25, -0.2) is 9.97 Å². The first-order valence-corrected chi connectivity index (χ1v) is 13.1. The average Bonchev–Trinajstić information content (AvgIpc) is 3.44. The van der Waals surface area contributed by atoms with E-state index in [-0.39, 0.29) is 18.4 Å². The van der Waals surface area contributed by atoms with Crippen LogP contribution in [-0.4, -0.2) is 58.5 Å². The van der Waals surface area contributed by atoms with Gasteiger partial charge in [0.1, 0.15) is 28.8 Å². The fourth-order valence-electron chi connectivity index (χ4n) is 4.35. The molecule has 1 atom stereocenters. The molecule has 1 aromatic heterocycles. The van der Waals surface area contributed by atoms with Crippen molar-refractivity contribution in [1.82, 2.24) is 14.9 Å². The van der Waals surface area contributed by atoms with Crippen molar-refractivity contribution in [1.29, 1.82) is 0 Å². The molecule has 2 aliphatic heterocycles. The molecule has 2 aliphatic rings. The van der Waals surface area contributed by atoms with Gasteiger partial charge in [-0.1, -0.05) is 6.07 Å². The number of aromatic nitrogens is 2. The van der Waals surface area contributed by atoms with Crippen LogP contribution in [0.5, 0.6) is 5.75 Å². The fraction of sp³-hybridized carbons (Fsp3) is 0.308. The average molecular weight is 506 g/mol. The summed E-state index contributed by atoms with van der Waals surface area (Å²) in [5.74, 6) is 2.49. The number of fused-ring (bicyclic) bond motifs is 2. The topological polar surface area (TPSA) is 111 Å². The molecule has 36 heavy (non-hydrogen) atoms. The van der Waals surface area contributed by atoms with E-state index in [1.807, 2.05) is 42.5 Å². The third kappa shape index (κ3) is 4.87. The van der Waals surface area contributed by atoms with Crippen LogP contribution < -0.4 is 15.0 Å². The maximum atomic E-state index is 12.5. The standard InChI is InChI=1S/C26H27N5O4S/c1-16(32)27-19-7-4-18(5-8-19)25-28-22-15-36(34)14-21(22)26(29-25)31-11-10-17-6-9-20(12-23(17)31)35-13-24(33)30(2)3/h4-9,12H,10-11,13-15H2,1-3H3,(H,27,32).